The van der Waals surface area contributed by atoms with E-state index in [-0.39, 0.29) is 24.3 Å². The van der Waals surface area contributed by atoms with Crippen LogP contribution < -0.4 is 4.90 Å². The third kappa shape index (κ3) is 3.13. The number of anilines is 1. The number of piperazine rings is 1. The van der Waals surface area contributed by atoms with E-state index in [2.05, 4.69) is 4.98 Å². The molecule has 0 saturated carbocycles. The van der Waals surface area contributed by atoms with Crippen molar-refractivity contribution in [2.75, 3.05) is 31.1 Å². The topological polar surface area (TPSA) is 73.8 Å². The summed E-state index contributed by atoms with van der Waals surface area (Å²) in [4.78, 5) is 47.1. The largest absolute Gasteiger partial charge is 0.336 e. The Hall–Kier alpha value is -3.22. The predicted octanol–water partition coefficient (Wildman–Crippen LogP) is 1.56. The molecule has 2 saturated heterocycles. The summed E-state index contributed by atoms with van der Waals surface area (Å²) in [5, 5.41) is 0. The number of benzene rings is 1. The first-order chi connectivity index (χ1) is 13.5. The van der Waals surface area contributed by atoms with Crippen LogP contribution >= 0.6 is 0 Å². The van der Waals surface area contributed by atoms with Crippen molar-refractivity contribution in [1.29, 1.82) is 0 Å². The number of para-hydroxylation sites is 1. The second kappa shape index (κ2) is 7.07. The fourth-order valence-corrected chi connectivity index (χ4v) is 4.20. The molecule has 0 bridgehead atoms. The Labute approximate surface area is 163 Å². The minimum absolute atomic E-state index is 0.0293. The van der Waals surface area contributed by atoms with Crippen LogP contribution in [0, 0.1) is 0 Å². The van der Waals surface area contributed by atoms with Crippen LogP contribution in [0.3, 0.4) is 0 Å². The van der Waals surface area contributed by atoms with E-state index in [1.54, 1.807) is 39.2 Å². The minimum atomic E-state index is -0.571. The molecule has 4 rings (SSSR count). The molecule has 3 amide bonds. The molecule has 7 nitrogen and oxygen atoms in total. The Balaban J connectivity index is 1.62. The number of amides is 3. The summed E-state index contributed by atoms with van der Waals surface area (Å²) in [7, 11) is 0. The number of likely N-dealkylation sites (tertiary alicyclic amines) is 1. The van der Waals surface area contributed by atoms with Crippen molar-refractivity contribution in [2.24, 2.45) is 0 Å². The zero-order chi connectivity index (χ0) is 19.7. The molecule has 144 valence electrons. The molecule has 1 atom stereocenters. The van der Waals surface area contributed by atoms with Crippen LogP contribution in [0.1, 0.15) is 23.7 Å². The predicted molar refractivity (Wildman–Crippen MR) is 104 cm³/mol. The van der Waals surface area contributed by atoms with E-state index in [9.17, 15) is 14.4 Å². The molecule has 7 heteroatoms. The van der Waals surface area contributed by atoms with Crippen molar-refractivity contribution in [2.45, 2.75) is 18.9 Å². The lowest BCUT2D eigenvalue weighted by Crippen LogP contribution is -2.67. The molecule has 3 heterocycles. The van der Waals surface area contributed by atoms with Crippen molar-refractivity contribution < 1.29 is 14.4 Å². The molecule has 1 aromatic heterocycles. The Morgan fingerprint density at radius 2 is 1.75 bits per heavy atom. The van der Waals surface area contributed by atoms with Gasteiger partial charge in [-0.25, -0.2) is 0 Å². The highest BCUT2D eigenvalue weighted by Crippen LogP contribution is 2.35. The van der Waals surface area contributed by atoms with Gasteiger partial charge in [-0.15, -0.1) is 0 Å². The standard InChI is InChI=1S/C21H22N4O3/c1-16(26)25-13-19(27)24(18-5-3-2-4-6-18)15-21(25)9-12-23(14-21)20(28)17-7-10-22-11-8-17/h2-8,10-11H,9,12-15H2,1H3. The van der Waals surface area contributed by atoms with Crippen molar-refractivity contribution >= 4 is 23.4 Å². The van der Waals surface area contributed by atoms with Gasteiger partial charge in [0.1, 0.15) is 6.54 Å². The van der Waals surface area contributed by atoms with Gasteiger partial charge in [0.05, 0.1) is 12.1 Å². The summed E-state index contributed by atoms with van der Waals surface area (Å²) in [5.41, 5.74) is 0.820. The Bertz CT molecular complexity index is 902. The van der Waals surface area contributed by atoms with E-state index >= 15 is 0 Å². The van der Waals surface area contributed by atoms with Gasteiger partial charge in [0.15, 0.2) is 0 Å². The molecule has 1 unspecified atom stereocenters. The highest BCUT2D eigenvalue weighted by atomic mass is 16.2. The van der Waals surface area contributed by atoms with Gasteiger partial charge in [-0.1, -0.05) is 18.2 Å². The smallest absolute Gasteiger partial charge is 0.254 e. The van der Waals surface area contributed by atoms with Crippen molar-refractivity contribution in [3.63, 3.8) is 0 Å². The van der Waals surface area contributed by atoms with Crippen LogP contribution in [-0.2, 0) is 9.59 Å². The fraction of sp³-hybridized carbons (Fsp3) is 0.333. The van der Waals surface area contributed by atoms with Gasteiger partial charge in [-0.3, -0.25) is 19.4 Å². The first kappa shape index (κ1) is 18.2. The van der Waals surface area contributed by atoms with E-state index in [0.29, 0.717) is 31.6 Å². The maximum absolute atomic E-state index is 12.9. The average Bonchev–Trinajstić information content (AvgIpc) is 3.14. The van der Waals surface area contributed by atoms with E-state index < -0.39 is 5.54 Å². The second-order valence-electron chi connectivity index (χ2n) is 7.36. The van der Waals surface area contributed by atoms with Crippen LogP contribution in [-0.4, -0.2) is 64.2 Å². The lowest BCUT2D eigenvalue weighted by molar-refractivity contribution is -0.142. The van der Waals surface area contributed by atoms with Crippen LogP contribution in [0.25, 0.3) is 0 Å². The highest BCUT2D eigenvalue weighted by molar-refractivity contribution is 5.99. The molecule has 2 aromatic rings. The maximum atomic E-state index is 12.9. The van der Waals surface area contributed by atoms with E-state index in [4.69, 9.17) is 0 Å². The molecule has 2 fully saturated rings. The number of pyridine rings is 1. The van der Waals surface area contributed by atoms with Crippen molar-refractivity contribution in [1.82, 2.24) is 14.8 Å². The molecule has 1 spiro atoms. The Morgan fingerprint density at radius 1 is 1.04 bits per heavy atom. The fourth-order valence-electron chi connectivity index (χ4n) is 4.20. The summed E-state index contributed by atoms with van der Waals surface area (Å²) in [5.74, 6) is -0.323. The summed E-state index contributed by atoms with van der Waals surface area (Å²) >= 11 is 0. The third-order valence-electron chi connectivity index (χ3n) is 5.61. The first-order valence-corrected chi connectivity index (χ1v) is 9.33. The summed E-state index contributed by atoms with van der Waals surface area (Å²) in [6.07, 6.45) is 3.83. The normalized spacial score (nSPS) is 22.0. The molecule has 1 aromatic carbocycles. The van der Waals surface area contributed by atoms with Crippen molar-refractivity contribution in [3.05, 3.63) is 60.4 Å². The van der Waals surface area contributed by atoms with Crippen molar-refractivity contribution in [3.8, 4) is 0 Å². The molecule has 0 radical (unpaired) electrons. The summed E-state index contributed by atoms with van der Waals surface area (Å²) < 4.78 is 0. The van der Waals surface area contributed by atoms with Crippen LogP contribution in [0.5, 0.6) is 0 Å². The number of hydrogen-bond acceptors (Lipinski definition) is 4. The summed E-state index contributed by atoms with van der Waals surface area (Å²) in [6, 6.07) is 12.8. The molecule has 0 aliphatic carbocycles. The van der Waals surface area contributed by atoms with E-state index in [1.165, 1.54) is 6.92 Å². The zero-order valence-electron chi connectivity index (χ0n) is 15.7. The molecule has 28 heavy (non-hydrogen) atoms. The average molecular weight is 378 g/mol. The monoisotopic (exact) mass is 378 g/mol. The lowest BCUT2D eigenvalue weighted by atomic mass is 9.91. The number of hydrogen-bond donors (Lipinski definition) is 0. The SMILES string of the molecule is CC(=O)N1CC(=O)N(c2ccccc2)CC12CCN(C(=O)c1ccncc1)C2. The van der Waals surface area contributed by atoms with Gasteiger partial charge in [-0.2, -0.15) is 0 Å². The molecule has 2 aliphatic heterocycles. The van der Waals surface area contributed by atoms with Crippen LogP contribution in [0.15, 0.2) is 54.9 Å². The molecule has 0 N–H and O–H groups in total. The number of nitrogens with zero attached hydrogens (tertiary/aromatic N) is 4. The maximum Gasteiger partial charge on any atom is 0.254 e. The van der Waals surface area contributed by atoms with Gasteiger partial charge in [0.25, 0.3) is 5.91 Å². The van der Waals surface area contributed by atoms with Gasteiger partial charge in [0.2, 0.25) is 11.8 Å². The zero-order valence-corrected chi connectivity index (χ0v) is 15.7. The van der Waals surface area contributed by atoms with Gasteiger partial charge in [0, 0.05) is 43.7 Å². The molecular formula is C21H22N4O3. The molecule has 2 aliphatic rings. The highest BCUT2D eigenvalue weighted by Gasteiger charge is 2.51. The molecular weight excluding hydrogens is 356 g/mol. The second-order valence-corrected chi connectivity index (χ2v) is 7.36. The Kier molecular flexibility index (Phi) is 4.58. The van der Waals surface area contributed by atoms with E-state index in [0.717, 1.165) is 5.69 Å². The summed E-state index contributed by atoms with van der Waals surface area (Å²) in [6.45, 7) is 2.85. The van der Waals surface area contributed by atoms with Crippen LogP contribution in [0.4, 0.5) is 5.69 Å². The number of carbonyl (C=O) groups is 3. The number of carbonyl (C=O) groups excluding carboxylic acids is 3. The van der Waals surface area contributed by atoms with E-state index in [1.807, 2.05) is 30.3 Å². The Morgan fingerprint density at radius 3 is 2.43 bits per heavy atom. The van der Waals surface area contributed by atoms with Gasteiger partial charge < -0.3 is 14.7 Å². The van der Waals surface area contributed by atoms with Gasteiger partial charge in [-0.05, 0) is 30.7 Å². The van der Waals surface area contributed by atoms with Crippen LogP contribution in [0.2, 0.25) is 0 Å². The minimum Gasteiger partial charge on any atom is -0.336 e. The van der Waals surface area contributed by atoms with Gasteiger partial charge >= 0.3 is 0 Å². The lowest BCUT2D eigenvalue weighted by Gasteiger charge is -2.48. The number of rotatable bonds is 2. The quantitative estimate of drug-likeness (QED) is 0.795. The third-order valence-corrected chi connectivity index (χ3v) is 5.61. The first-order valence-electron chi connectivity index (χ1n) is 9.33. The number of aromatic nitrogens is 1.